The molecule has 0 aromatic heterocycles. The summed E-state index contributed by atoms with van der Waals surface area (Å²) in [6.45, 7) is 2.82. The Morgan fingerprint density at radius 1 is 1.00 bits per heavy atom. The Hall–Kier alpha value is -2.29. The molecule has 0 atom stereocenters. The third-order valence-corrected chi connectivity index (χ3v) is 2.99. The lowest BCUT2D eigenvalue weighted by atomic mass is 10.1. The summed E-state index contributed by atoms with van der Waals surface area (Å²) in [4.78, 5) is 11.4. The maximum Gasteiger partial charge on any atom is 0.251 e. The summed E-state index contributed by atoms with van der Waals surface area (Å²) in [6, 6.07) is 15.9. The first-order chi connectivity index (χ1) is 9.19. The van der Waals surface area contributed by atoms with Gasteiger partial charge in [0.1, 0.15) is 0 Å². The fourth-order valence-corrected chi connectivity index (χ4v) is 1.79. The van der Waals surface area contributed by atoms with Crippen molar-refractivity contribution in [2.24, 2.45) is 0 Å². The summed E-state index contributed by atoms with van der Waals surface area (Å²) in [5.41, 5.74) is 4.18. The quantitative estimate of drug-likeness (QED) is 0.880. The van der Waals surface area contributed by atoms with Gasteiger partial charge in [-0.1, -0.05) is 29.8 Å². The van der Waals surface area contributed by atoms with Crippen LogP contribution in [0.1, 0.15) is 21.5 Å². The van der Waals surface area contributed by atoms with E-state index in [2.05, 4.69) is 41.8 Å². The molecular formula is C16H18N2O. The number of carbonyl (C=O) groups is 1. The van der Waals surface area contributed by atoms with Crippen LogP contribution in [0.2, 0.25) is 0 Å². The number of benzene rings is 2. The van der Waals surface area contributed by atoms with E-state index in [0.717, 1.165) is 17.8 Å². The second-order valence-electron chi connectivity index (χ2n) is 4.50. The second-order valence-corrected chi connectivity index (χ2v) is 4.50. The van der Waals surface area contributed by atoms with Crippen molar-refractivity contribution in [1.29, 1.82) is 0 Å². The topological polar surface area (TPSA) is 41.1 Å². The minimum atomic E-state index is -0.0574. The fourth-order valence-electron chi connectivity index (χ4n) is 1.79. The summed E-state index contributed by atoms with van der Waals surface area (Å²) >= 11 is 0. The van der Waals surface area contributed by atoms with Crippen LogP contribution in [0, 0.1) is 6.92 Å². The van der Waals surface area contributed by atoms with E-state index in [9.17, 15) is 4.79 Å². The first-order valence-electron chi connectivity index (χ1n) is 6.30. The van der Waals surface area contributed by atoms with E-state index >= 15 is 0 Å². The molecule has 0 bridgehead atoms. The van der Waals surface area contributed by atoms with Gasteiger partial charge in [-0.05, 0) is 36.8 Å². The Kier molecular flexibility index (Phi) is 4.18. The summed E-state index contributed by atoms with van der Waals surface area (Å²) in [6.07, 6.45) is 0. The average Bonchev–Trinajstić information content (AvgIpc) is 2.46. The third kappa shape index (κ3) is 3.58. The number of carbonyl (C=O) groups excluding carboxylic acids is 1. The molecule has 0 saturated carbocycles. The third-order valence-electron chi connectivity index (χ3n) is 2.99. The summed E-state index contributed by atoms with van der Waals surface area (Å²) in [5.74, 6) is -0.0574. The van der Waals surface area contributed by atoms with E-state index in [1.807, 2.05) is 24.3 Å². The molecule has 3 heteroatoms. The normalized spacial score (nSPS) is 10.0. The maximum absolute atomic E-state index is 11.4. The van der Waals surface area contributed by atoms with Gasteiger partial charge in [-0.25, -0.2) is 0 Å². The molecule has 0 heterocycles. The van der Waals surface area contributed by atoms with Gasteiger partial charge in [-0.2, -0.15) is 0 Å². The van der Waals surface area contributed by atoms with Crippen LogP contribution < -0.4 is 10.6 Å². The largest absolute Gasteiger partial charge is 0.381 e. The number of anilines is 1. The minimum Gasteiger partial charge on any atom is -0.381 e. The van der Waals surface area contributed by atoms with Gasteiger partial charge >= 0.3 is 0 Å². The van der Waals surface area contributed by atoms with E-state index < -0.39 is 0 Å². The molecule has 0 fully saturated rings. The molecule has 98 valence electrons. The predicted octanol–water partition coefficient (Wildman–Crippen LogP) is 2.97. The Labute approximate surface area is 113 Å². The Balaban J connectivity index is 1.96. The SMILES string of the molecule is CNC(=O)c1ccc(CNc2ccc(C)cc2)cc1. The zero-order chi connectivity index (χ0) is 13.7. The Morgan fingerprint density at radius 3 is 2.21 bits per heavy atom. The maximum atomic E-state index is 11.4. The summed E-state index contributed by atoms with van der Waals surface area (Å²) in [7, 11) is 1.63. The molecule has 3 nitrogen and oxygen atoms in total. The van der Waals surface area contributed by atoms with Crippen molar-refractivity contribution in [3.63, 3.8) is 0 Å². The fraction of sp³-hybridized carbons (Fsp3) is 0.188. The molecule has 0 unspecified atom stereocenters. The number of aryl methyl sites for hydroxylation is 1. The van der Waals surface area contributed by atoms with Crippen LogP contribution in [0.25, 0.3) is 0 Å². The lowest BCUT2D eigenvalue weighted by Crippen LogP contribution is -2.17. The number of rotatable bonds is 4. The molecular weight excluding hydrogens is 236 g/mol. The molecule has 0 aliphatic rings. The van der Waals surface area contributed by atoms with Crippen molar-refractivity contribution in [3.05, 3.63) is 65.2 Å². The van der Waals surface area contributed by atoms with Crippen LogP contribution in [0.3, 0.4) is 0 Å². The van der Waals surface area contributed by atoms with E-state index in [0.29, 0.717) is 5.56 Å². The molecule has 19 heavy (non-hydrogen) atoms. The molecule has 0 aliphatic carbocycles. The highest BCUT2D eigenvalue weighted by molar-refractivity contribution is 5.93. The van der Waals surface area contributed by atoms with Crippen LogP contribution in [0.5, 0.6) is 0 Å². The van der Waals surface area contributed by atoms with Gasteiger partial charge in [0.15, 0.2) is 0 Å². The monoisotopic (exact) mass is 254 g/mol. The molecule has 0 saturated heterocycles. The van der Waals surface area contributed by atoms with Crippen LogP contribution in [-0.2, 0) is 6.54 Å². The standard InChI is InChI=1S/C16H18N2O/c1-12-3-9-15(10-4-12)18-11-13-5-7-14(8-6-13)16(19)17-2/h3-10,18H,11H2,1-2H3,(H,17,19). The summed E-state index contributed by atoms with van der Waals surface area (Å²) in [5, 5.41) is 5.96. The van der Waals surface area contributed by atoms with Gasteiger partial charge in [-0.3, -0.25) is 4.79 Å². The molecule has 1 amide bonds. The van der Waals surface area contributed by atoms with Gasteiger partial charge in [-0.15, -0.1) is 0 Å². The molecule has 0 spiro atoms. The van der Waals surface area contributed by atoms with Crippen molar-refractivity contribution < 1.29 is 4.79 Å². The molecule has 2 aromatic carbocycles. The molecule has 0 aliphatic heterocycles. The first kappa shape index (κ1) is 13.1. The average molecular weight is 254 g/mol. The zero-order valence-electron chi connectivity index (χ0n) is 11.2. The van der Waals surface area contributed by atoms with Crippen LogP contribution >= 0.6 is 0 Å². The van der Waals surface area contributed by atoms with E-state index in [-0.39, 0.29) is 5.91 Å². The van der Waals surface area contributed by atoms with Crippen molar-refractivity contribution >= 4 is 11.6 Å². The second kappa shape index (κ2) is 6.05. The van der Waals surface area contributed by atoms with Gasteiger partial charge in [0.05, 0.1) is 0 Å². The van der Waals surface area contributed by atoms with Crippen molar-refractivity contribution in [3.8, 4) is 0 Å². The number of hydrogen-bond donors (Lipinski definition) is 2. The zero-order valence-corrected chi connectivity index (χ0v) is 11.2. The highest BCUT2D eigenvalue weighted by Crippen LogP contribution is 2.11. The van der Waals surface area contributed by atoms with Gasteiger partial charge < -0.3 is 10.6 Å². The van der Waals surface area contributed by atoms with E-state index in [1.54, 1.807) is 7.05 Å². The van der Waals surface area contributed by atoms with Crippen LogP contribution in [0.4, 0.5) is 5.69 Å². The first-order valence-corrected chi connectivity index (χ1v) is 6.30. The van der Waals surface area contributed by atoms with Gasteiger partial charge in [0.2, 0.25) is 0 Å². The lowest BCUT2D eigenvalue weighted by molar-refractivity contribution is 0.0963. The van der Waals surface area contributed by atoms with Crippen LogP contribution in [-0.4, -0.2) is 13.0 Å². The highest BCUT2D eigenvalue weighted by atomic mass is 16.1. The number of hydrogen-bond acceptors (Lipinski definition) is 2. The molecule has 2 aromatic rings. The van der Waals surface area contributed by atoms with Gasteiger partial charge in [0, 0.05) is 24.8 Å². The van der Waals surface area contributed by atoms with E-state index in [4.69, 9.17) is 0 Å². The van der Waals surface area contributed by atoms with Crippen LogP contribution in [0.15, 0.2) is 48.5 Å². The number of nitrogens with one attached hydrogen (secondary N) is 2. The van der Waals surface area contributed by atoms with Crippen molar-refractivity contribution in [2.75, 3.05) is 12.4 Å². The molecule has 2 rings (SSSR count). The number of amides is 1. The summed E-state index contributed by atoms with van der Waals surface area (Å²) < 4.78 is 0. The smallest absolute Gasteiger partial charge is 0.251 e. The van der Waals surface area contributed by atoms with Crippen molar-refractivity contribution in [1.82, 2.24) is 5.32 Å². The van der Waals surface area contributed by atoms with E-state index in [1.165, 1.54) is 5.56 Å². The molecule has 0 radical (unpaired) electrons. The lowest BCUT2D eigenvalue weighted by Gasteiger charge is -2.07. The Bertz CT molecular complexity index is 544. The van der Waals surface area contributed by atoms with Gasteiger partial charge in [0.25, 0.3) is 5.91 Å². The van der Waals surface area contributed by atoms with Crippen molar-refractivity contribution in [2.45, 2.75) is 13.5 Å². The highest BCUT2D eigenvalue weighted by Gasteiger charge is 2.02. The Morgan fingerprint density at radius 2 is 1.63 bits per heavy atom. The minimum absolute atomic E-state index is 0.0574. The predicted molar refractivity (Wildman–Crippen MR) is 78.3 cm³/mol. The molecule has 2 N–H and O–H groups in total.